The summed E-state index contributed by atoms with van der Waals surface area (Å²) in [7, 11) is -3.43. The lowest BCUT2D eigenvalue weighted by atomic mass is 10.4. The van der Waals surface area contributed by atoms with Gasteiger partial charge in [0, 0.05) is 18.9 Å². The van der Waals surface area contributed by atoms with Crippen molar-refractivity contribution in [1.82, 2.24) is 4.90 Å². The highest BCUT2D eigenvalue weighted by molar-refractivity contribution is 7.57. The second-order valence-electron chi connectivity index (χ2n) is 4.55. The molecule has 0 aliphatic carbocycles. The topological polar surface area (TPSA) is 61.8 Å². The molecule has 0 aromatic carbocycles. The molecule has 0 rings (SSSR count). The molecule has 120 valence electrons. The van der Waals surface area contributed by atoms with E-state index in [4.69, 9.17) is 9.05 Å². The zero-order valence-corrected chi connectivity index (χ0v) is 14.2. The zero-order valence-electron chi connectivity index (χ0n) is 13.3. The third kappa shape index (κ3) is 7.93. The Morgan fingerprint density at radius 1 is 1.05 bits per heavy atom. The van der Waals surface area contributed by atoms with E-state index in [1.807, 2.05) is 27.7 Å². The maximum absolute atomic E-state index is 12.6. The lowest BCUT2D eigenvalue weighted by molar-refractivity contribution is -0.332. The first-order chi connectivity index (χ1) is 9.52. The van der Waals surface area contributed by atoms with Crippen molar-refractivity contribution in [3.8, 4) is 0 Å². The van der Waals surface area contributed by atoms with Crippen LogP contribution in [0.5, 0.6) is 0 Å². The van der Waals surface area contributed by atoms with Crippen molar-refractivity contribution < 1.29 is 18.7 Å². The van der Waals surface area contributed by atoms with Gasteiger partial charge in [-0.25, -0.2) is 0 Å². The molecule has 0 spiro atoms. The number of unbranched alkanes of at least 4 members (excludes halogenated alkanes) is 2. The smallest absolute Gasteiger partial charge is 0.355 e. The van der Waals surface area contributed by atoms with Gasteiger partial charge in [-0.2, -0.15) is 0 Å². The molecule has 20 heavy (non-hydrogen) atoms. The fraction of sp³-hybridized carbons (Fsp3) is 0.857. The molecular weight excluding hydrogens is 277 g/mol. The predicted molar refractivity (Wildman–Crippen MR) is 80.3 cm³/mol. The Hall–Kier alpha value is -0.510. The molecule has 0 aromatic rings. The van der Waals surface area contributed by atoms with Crippen molar-refractivity contribution in [2.75, 3.05) is 26.3 Å². The fourth-order valence-electron chi connectivity index (χ4n) is 1.54. The van der Waals surface area contributed by atoms with E-state index in [1.54, 1.807) is 4.90 Å². The second kappa shape index (κ2) is 11.2. The average molecular weight is 306 g/mol. The Labute approximate surface area is 123 Å². The van der Waals surface area contributed by atoms with Crippen molar-refractivity contribution in [3.63, 3.8) is 0 Å². The van der Waals surface area contributed by atoms with Crippen molar-refractivity contribution in [3.05, 3.63) is 11.7 Å². The van der Waals surface area contributed by atoms with Crippen molar-refractivity contribution in [1.29, 1.82) is 0 Å². The lowest BCUT2D eigenvalue weighted by Crippen LogP contribution is -2.29. The van der Waals surface area contributed by atoms with E-state index in [-0.39, 0.29) is 5.88 Å². The van der Waals surface area contributed by atoms with Gasteiger partial charge >= 0.3 is 7.60 Å². The van der Waals surface area contributed by atoms with E-state index in [0.717, 1.165) is 31.5 Å². The average Bonchev–Trinajstić information content (AvgIpc) is 2.40. The summed E-state index contributed by atoms with van der Waals surface area (Å²) >= 11 is 0. The summed E-state index contributed by atoms with van der Waals surface area (Å²) < 4.78 is 23.3. The molecule has 0 unspecified atom stereocenters. The van der Waals surface area contributed by atoms with Gasteiger partial charge in [0.2, 0.25) is 0 Å². The molecule has 0 aromatic heterocycles. The summed E-state index contributed by atoms with van der Waals surface area (Å²) in [5, 5.41) is 12.0. The van der Waals surface area contributed by atoms with Gasteiger partial charge in [0.05, 0.1) is 13.2 Å². The Bertz CT molecular complexity index is 302. The van der Waals surface area contributed by atoms with Gasteiger partial charge in [0.15, 0.2) is 0 Å². The van der Waals surface area contributed by atoms with Crippen LogP contribution in [0.1, 0.15) is 53.4 Å². The zero-order chi connectivity index (χ0) is 15.4. The van der Waals surface area contributed by atoms with Crippen LogP contribution in [0.15, 0.2) is 11.7 Å². The SMILES string of the molecule is CCCCOP(=O)(/C=C(\[O-])N(CC)CC)OCCCC. The van der Waals surface area contributed by atoms with E-state index >= 15 is 0 Å². The number of nitrogens with zero attached hydrogens (tertiary/aromatic N) is 1. The summed E-state index contributed by atoms with van der Waals surface area (Å²) in [6, 6.07) is 0. The Kier molecular flexibility index (Phi) is 10.9. The van der Waals surface area contributed by atoms with E-state index < -0.39 is 7.60 Å². The first kappa shape index (κ1) is 19.5. The van der Waals surface area contributed by atoms with Gasteiger partial charge in [-0.15, -0.1) is 0 Å². The summed E-state index contributed by atoms with van der Waals surface area (Å²) in [6.07, 6.45) is 3.49. The number of hydrogen-bond acceptors (Lipinski definition) is 5. The van der Waals surface area contributed by atoms with Gasteiger partial charge < -0.3 is 19.1 Å². The number of hydrogen-bond donors (Lipinski definition) is 0. The highest BCUT2D eigenvalue weighted by Gasteiger charge is 2.21. The third-order valence-corrected chi connectivity index (χ3v) is 4.50. The van der Waals surface area contributed by atoms with Crippen LogP contribution in [-0.4, -0.2) is 31.2 Å². The molecular formula is C14H29NO4P-. The minimum atomic E-state index is -3.43. The summed E-state index contributed by atoms with van der Waals surface area (Å²) in [6.45, 7) is 9.68. The molecule has 0 atom stereocenters. The van der Waals surface area contributed by atoms with Gasteiger partial charge in [-0.05, 0) is 32.6 Å². The Morgan fingerprint density at radius 3 is 1.85 bits per heavy atom. The van der Waals surface area contributed by atoms with Crippen molar-refractivity contribution in [2.45, 2.75) is 53.4 Å². The standard InChI is InChI=1S/C14H30NO4P/c1-5-9-11-18-20(17,19-12-10-6-2)13-14(16)15(7-3)8-4/h13,16H,5-12H2,1-4H3/p-1/b14-13-. The van der Waals surface area contributed by atoms with Crippen molar-refractivity contribution >= 4 is 7.60 Å². The first-order valence-corrected chi connectivity index (χ1v) is 9.17. The molecule has 0 radical (unpaired) electrons. The van der Waals surface area contributed by atoms with Crippen molar-refractivity contribution in [2.24, 2.45) is 0 Å². The molecule has 0 aliphatic heterocycles. The minimum absolute atomic E-state index is 0.286. The Morgan fingerprint density at radius 2 is 1.50 bits per heavy atom. The molecule has 0 fully saturated rings. The van der Waals surface area contributed by atoms with Crippen LogP contribution in [0.4, 0.5) is 0 Å². The molecule has 0 saturated heterocycles. The summed E-state index contributed by atoms with van der Waals surface area (Å²) in [5.41, 5.74) is 0. The molecule has 0 saturated carbocycles. The Balaban J connectivity index is 4.80. The fourth-order valence-corrected chi connectivity index (χ4v) is 2.96. The molecule has 5 nitrogen and oxygen atoms in total. The summed E-state index contributed by atoms with van der Waals surface area (Å²) in [4.78, 5) is 1.60. The predicted octanol–water partition coefficient (Wildman–Crippen LogP) is 3.31. The van der Waals surface area contributed by atoms with Crippen LogP contribution < -0.4 is 5.11 Å². The quantitative estimate of drug-likeness (QED) is 0.314. The highest BCUT2D eigenvalue weighted by Crippen LogP contribution is 2.50. The molecule has 0 bridgehead atoms. The van der Waals surface area contributed by atoms with Gasteiger partial charge in [0.1, 0.15) is 0 Å². The molecule has 0 N–H and O–H groups in total. The van der Waals surface area contributed by atoms with Gasteiger partial charge in [0.25, 0.3) is 0 Å². The highest BCUT2D eigenvalue weighted by atomic mass is 31.2. The van der Waals surface area contributed by atoms with E-state index in [0.29, 0.717) is 26.3 Å². The van der Waals surface area contributed by atoms with Crippen LogP contribution in [0, 0.1) is 0 Å². The van der Waals surface area contributed by atoms with Crippen LogP contribution in [0.25, 0.3) is 0 Å². The molecule has 0 amide bonds. The summed E-state index contributed by atoms with van der Waals surface area (Å²) in [5.74, 6) is 0.844. The van der Waals surface area contributed by atoms with E-state index in [9.17, 15) is 9.67 Å². The van der Waals surface area contributed by atoms with Gasteiger partial charge in [-0.1, -0.05) is 26.7 Å². The van der Waals surface area contributed by atoms with E-state index in [2.05, 4.69) is 0 Å². The molecule has 6 heteroatoms. The number of rotatable bonds is 12. The monoisotopic (exact) mass is 306 g/mol. The van der Waals surface area contributed by atoms with Gasteiger partial charge in [-0.3, -0.25) is 4.57 Å². The van der Waals surface area contributed by atoms with Crippen LogP contribution >= 0.6 is 7.60 Å². The maximum Gasteiger partial charge on any atom is 0.355 e. The minimum Gasteiger partial charge on any atom is -0.860 e. The van der Waals surface area contributed by atoms with Crippen LogP contribution in [-0.2, 0) is 13.6 Å². The van der Waals surface area contributed by atoms with E-state index in [1.165, 1.54) is 0 Å². The molecule has 0 aliphatic rings. The largest absolute Gasteiger partial charge is 0.860 e. The lowest BCUT2D eigenvalue weighted by Gasteiger charge is -2.29. The maximum atomic E-state index is 12.6. The molecule has 0 heterocycles. The normalized spacial score (nSPS) is 12.7. The third-order valence-electron chi connectivity index (χ3n) is 2.88. The second-order valence-corrected chi connectivity index (χ2v) is 6.41. The van der Waals surface area contributed by atoms with Crippen LogP contribution in [0.2, 0.25) is 0 Å². The first-order valence-electron chi connectivity index (χ1n) is 7.56. The van der Waals surface area contributed by atoms with Crippen LogP contribution in [0.3, 0.4) is 0 Å².